The van der Waals surface area contributed by atoms with E-state index in [1.807, 2.05) is 24.5 Å². The molecule has 0 atom stereocenters. The summed E-state index contributed by atoms with van der Waals surface area (Å²) in [4.78, 5) is 35.1. The minimum Gasteiger partial charge on any atom is -0.462 e. The van der Waals surface area contributed by atoms with E-state index in [-0.39, 0.29) is 24.7 Å². The summed E-state index contributed by atoms with van der Waals surface area (Å²) in [5.74, 6) is 0.171. The highest BCUT2D eigenvalue weighted by Crippen LogP contribution is 2.19. The number of non-ortho nitro benzene ring substituents is 1. The molecule has 0 unspecified atom stereocenters. The van der Waals surface area contributed by atoms with Gasteiger partial charge in [-0.2, -0.15) is 0 Å². The van der Waals surface area contributed by atoms with E-state index in [1.165, 1.54) is 24.3 Å². The second-order valence-corrected chi connectivity index (χ2v) is 6.65. The van der Waals surface area contributed by atoms with Crippen molar-refractivity contribution in [3.8, 4) is 0 Å². The van der Waals surface area contributed by atoms with Gasteiger partial charge in [0, 0.05) is 30.8 Å². The number of carbonyl (C=O) groups excluding carboxylic acids is 2. The predicted molar refractivity (Wildman–Crippen MR) is 110 cm³/mol. The summed E-state index contributed by atoms with van der Waals surface area (Å²) >= 11 is 0. The molecule has 1 aromatic heterocycles. The summed E-state index contributed by atoms with van der Waals surface area (Å²) in [6.07, 6.45) is 0. The number of amides is 1. The van der Waals surface area contributed by atoms with Gasteiger partial charge in [-0.1, -0.05) is 0 Å². The number of anilines is 1. The maximum atomic E-state index is 12.6. The Balaban J connectivity index is 1.90. The predicted octanol–water partition coefficient (Wildman–Crippen LogP) is 2.98. The molecule has 3 rings (SSSR count). The van der Waals surface area contributed by atoms with Gasteiger partial charge in [-0.15, -0.1) is 0 Å². The lowest BCUT2D eigenvalue weighted by Gasteiger charge is -2.05. The number of nitrogens with zero attached hydrogens (tertiary/aromatic N) is 3. The number of nitro groups is 1. The molecule has 0 saturated heterocycles. The van der Waals surface area contributed by atoms with Gasteiger partial charge >= 0.3 is 5.97 Å². The van der Waals surface area contributed by atoms with Crippen LogP contribution in [0.4, 0.5) is 11.4 Å². The summed E-state index contributed by atoms with van der Waals surface area (Å²) in [6, 6.07) is 10.9. The number of aromatic nitrogens is 2. The Morgan fingerprint density at radius 2 is 1.87 bits per heavy atom. The van der Waals surface area contributed by atoms with Crippen LogP contribution in [-0.4, -0.2) is 28.0 Å². The smallest absolute Gasteiger partial charge is 0.338 e. The van der Waals surface area contributed by atoms with E-state index in [1.54, 1.807) is 19.1 Å². The zero-order chi connectivity index (χ0) is 21.8. The number of hydrogen-bond donors (Lipinski definition) is 1. The maximum absolute atomic E-state index is 12.6. The van der Waals surface area contributed by atoms with E-state index in [4.69, 9.17) is 4.74 Å². The Hall–Kier alpha value is -3.75. The summed E-state index contributed by atoms with van der Waals surface area (Å²) < 4.78 is 8.98. The fraction of sp³-hybridized carbons (Fsp3) is 0.286. The highest BCUT2D eigenvalue weighted by Gasteiger charge is 2.24. The van der Waals surface area contributed by atoms with Crippen molar-refractivity contribution in [3.63, 3.8) is 0 Å². The first-order valence-corrected chi connectivity index (χ1v) is 9.59. The number of ether oxygens (including phenoxy) is 1. The average Bonchev–Trinajstić information content (AvgIpc) is 2.98. The third kappa shape index (κ3) is 4.14. The lowest BCUT2D eigenvalue weighted by molar-refractivity contribution is -0.674. The molecule has 2 aromatic carbocycles. The van der Waals surface area contributed by atoms with Crippen LogP contribution in [0.1, 0.15) is 30.0 Å². The van der Waals surface area contributed by atoms with Crippen LogP contribution in [0, 0.1) is 17.0 Å². The molecule has 1 amide bonds. The number of rotatable bonds is 7. The van der Waals surface area contributed by atoms with E-state index >= 15 is 0 Å². The lowest BCUT2D eigenvalue weighted by Crippen LogP contribution is -2.35. The summed E-state index contributed by atoms with van der Waals surface area (Å²) in [5.41, 5.74) is 2.50. The molecule has 0 bridgehead atoms. The van der Waals surface area contributed by atoms with Gasteiger partial charge in [-0.3, -0.25) is 14.9 Å². The van der Waals surface area contributed by atoms with Gasteiger partial charge in [0.15, 0.2) is 17.6 Å². The number of hydrogen-bond acceptors (Lipinski definition) is 5. The average molecular weight is 411 g/mol. The lowest BCUT2D eigenvalue weighted by atomic mass is 10.2. The van der Waals surface area contributed by atoms with E-state index < -0.39 is 10.9 Å². The number of imidazole rings is 1. The van der Waals surface area contributed by atoms with Gasteiger partial charge in [0.1, 0.15) is 0 Å². The number of nitro benzene ring substituents is 1. The molecular formula is C21H23N4O5+. The second kappa shape index (κ2) is 8.73. The van der Waals surface area contributed by atoms with Gasteiger partial charge in [0.05, 0.1) is 23.6 Å². The van der Waals surface area contributed by atoms with Gasteiger partial charge in [0.25, 0.3) is 17.4 Å². The van der Waals surface area contributed by atoms with Crippen molar-refractivity contribution in [1.29, 1.82) is 0 Å². The first-order valence-electron chi connectivity index (χ1n) is 9.59. The number of esters is 1. The molecule has 0 spiro atoms. The highest BCUT2D eigenvalue weighted by atomic mass is 16.6. The van der Waals surface area contributed by atoms with Crippen LogP contribution in [0.25, 0.3) is 11.0 Å². The summed E-state index contributed by atoms with van der Waals surface area (Å²) in [5, 5.41) is 13.5. The zero-order valence-corrected chi connectivity index (χ0v) is 17.0. The van der Waals surface area contributed by atoms with Crippen LogP contribution >= 0.6 is 0 Å². The molecule has 0 aliphatic carbocycles. The zero-order valence-electron chi connectivity index (χ0n) is 17.0. The molecule has 9 nitrogen and oxygen atoms in total. The standard InChI is InChI=1S/C21H22N4O5/c1-4-23-14(3)24(19-12-15(6-11-18(19)23)21(27)30-5-2)13-20(26)22-16-7-9-17(10-8-16)25(28)29/h6-12H,4-5,13H2,1-3H3/p+1. The molecule has 1 heterocycles. The van der Waals surface area contributed by atoms with Crippen molar-refractivity contribution in [2.75, 3.05) is 11.9 Å². The Labute approximate surface area is 173 Å². The monoisotopic (exact) mass is 411 g/mol. The van der Waals surface area contributed by atoms with Crippen LogP contribution in [0.2, 0.25) is 0 Å². The Morgan fingerprint density at radius 1 is 1.17 bits per heavy atom. The summed E-state index contributed by atoms with van der Waals surface area (Å²) in [6.45, 7) is 6.68. The normalized spacial score (nSPS) is 10.8. The van der Waals surface area contributed by atoms with E-state index in [2.05, 4.69) is 9.88 Å². The number of carbonyl (C=O) groups is 2. The molecule has 0 aliphatic heterocycles. The van der Waals surface area contributed by atoms with Crippen LogP contribution < -0.4 is 9.88 Å². The van der Waals surface area contributed by atoms with Crippen molar-refractivity contribution in [3.05, 3.63) is 64.0 Å². The van der Waals surface area contributed by atoms with Gasteiger partial charge in [0.2, 0.25) is 0 Å². The van der Waals surface area contributed by atoms with Crippen molar-refractivity contribution < 1.29 is 23.8 Å². The minimum absolute atomic E-state index is 0.0264. The Morgan fingerprint density at radius 3 is 2.47 bits per heavy atom. The Kier molecular flexibility index (Phi) is 6.10. The third-order valence-electron chi connectivity index (χ3n) is 4.83. The first-order chi connectivity index (χ1) is 14.3. The third-order valence-corrected chi connectivity index (χ3v) is 4.83. The van der Waals surface area contributed by atoms with Crippen LogP contribution in [0.5, 0.6) is 0 Å². The number of aryl methyl sites for hydroxylation is 1. The molecule has 0 fully saturated rings. The van der Waals surface area contributed by atoms with E-state index in [0.717, 1.165) is 16.9 Å². The SMILES string of the molecule is CCOC(=O)c1ccc2c(c1)n(CC(=O)Nc1ccc([N+](=O)[O-])cc1)c(C)[n+]2CC. The summed E-state index contributed by atoms with van der Waals surface area (Å²) in [7, 11) is 0. The largest absolute Gasteiger partial charge is 0.462 e. The Bertz CT molecular complexity index is 1120. The van der Waals surface area contributed by atoms with Gasteiger partial charge in [-0.25, -0.2) is 13.9 Å². The van der Waals surface area contributed by atoms with Crippen LogP contribution in [0.15, 0.2) is 42.5 Å². The van der Waals surface area contributed by atoms with Crippen molar-refractivity contribution in [1.82, 2.24) is 4.57 Å². The molecular weight excluding hydrogens is 388 g/mol. The van der Waals surface area contributed by atoms with Crippen LogP contribution in [0.3, 0.4) is 0 Å². The first kappa shape index (κ1) is 21.0. The number of benzene rings is 2. The minimum atomic E-state index is -0.494. The van der Waals surface area contributed by atoms with Crippen molar-refractivity contribution in [2.45, 2.75) is 33.9 Å². The molecule has 0 aliphatic rings. The van der Waals surface area contributed by atoms with Gasteiger partial charge < -0.3 is 10.1 Å². The maximum Gasteiger partial charge on any atom is 0.338 e. The fourth-order valence-electron chi connectivity index (χ4n) is 3.41. The molecule has 0 saturated carbocycles. The van der Waals surface area contributed by atoms with Crippen molar-refractivity contribution >= 4 is 34.3 Å². The molecule has 0 radical (unpaired) electrons. The fourth-order valence-corrected chi connectivity index (χ4v) is 3.41. The van der Waals surface area contributed by atoms with Gasteiger partial charge in [-0.05, 0) is 38.1 Å². The molecule has 30 heavy (non-hydrogen) atoms. The second-order valence-electron chi connectivity index (χ2n) is 6.65. The topological polar surface area (TPSA) is 107 Å². The quantitative estimate of drug-likeness (QED) is 0.278. The number of nitrogens with one attached hydrogen (secondary N) is 1. The molecule has 9 heteroatoms. The van der Waals surface area contributed by atoms with E-state index in [9.17, 15) is 19.7 Å². The number of fused-ring (bicyclic) bond motifs is 1. The van der Waals surface area contributed by atoms with Crippen molar-refractivity contribution in [2.24, 2.45) is 0 Å². The highest BCUT2D eigenvalue weighted by molar-refractivity contribution is 5.94. The molecule has 1 N–H and O–H groups in total. The van der Waals surface area contributed by atoms with Crippen LogP contribution in [-0.2, 0) is 22.6 Å². The van der Waals surface area contributed by atoms with E-state index in [0.29, 0.717) is 17.8 Å². The molecule has 156 valence electrons. The molecule has 3 aromatic rings.